The van der Waals surface area contributed by atoms with Crippen LogP contribution >= 0.6 is 0 Å². The fourth-order valence-electron chi connectivity index (χ4n) is 5.67. The first kappa shape index (κ1) is 16.3. The van der Waals surface area contributed by atoms with Crippen LogP contribution in [-0.2, 0) is 4.79 Å². The Morgan fingerprint density at radius 3 is 1.88 bits per heavy atom. The number of carboxylic acid groups (broad SMARTS) is 1. The lowest BCUT2D eigenvalue weighted by molar-refractivity contribution is -0.142. The predicted octanol–water partition coefficient (Wildman–Crippen LogP) is 2.90. The highest BCUT2D eigenvalue weighted by molar-refractivity contribution is 5.98. The molecule has 4 saturated carbocycles. The summed E-state index contributed by atoms with van der Waals surface area (Å²) in [6, 6.07) is 5.76. The van der Waals surface area contributed by atoms with E-state index in [-0.39, 0.29) is 29.2 Å². The van der Waals surface area contributed by atoms with Gasteiger partial charge in [0, 0.05) is 11.0 Å². The van der Waals surface area contributed by atoms with Gasteiger partial charge in [-0.2, -0.15) is 0 Å². The van der Waals surface area contributed by atoms with Gasteiger partial charge in [-0.1, -0.05) is 0 Å². The van der Waals surface area contributed by atoms with Gasteiger partial charge < -0.3 is 10.4 Å². The van der Waals surface area contributed by atoms with E-state index in [1.165, 1.54) is 43.5 Å². The Morgan fingerprint density at radius 1 is 0.920 bits per heavy atom. The number of carbonyl (C=O) groups excluding carboxylic acids is 2. The Hall–Kier alpha value is -2.17. The molecule has 0 radical (unpaired) electrons. The molecular weight excluding hydrogens is 318 g/mol. The van der Waals surface area contributed by atoms with Crippen molar-refractivity contribution in [2.24, 2.45) is 23.2 Å². The van der Waals surface area contributed by atoms with Gasteiger partial charge >= 0.3 is 5.97 Å². The molecule has 5 rings (SSSR count). The summed E-state index contributed by atoms with van der Waals surface area (Å²) in [5.41, 5.74) is 0.319. The van der Waals surface area contributed by atoms with Crippen molar-refractivity contribution in [3.05, 3.63) is 35.4 Å². The molecule has 0 spiro atoms. The zero-order valence-corrected chi connectivity index (χ0v) is 14.2. The molecule has 4 fully saturated rings. The van der Waals surface area contributed by atoms with Crippen molar-refractivity contribution in [3.63, 3.8) is 0 Å². The molecule has 25 heavy (non-hydrogen) atoms. The molecule has 1 aromatic carbocycles. The fourth-order valence-corrected chi connectivity index (χ4v) is 5.67. The van der Waals surface area contributed by atoms with Crippen LogP contribution in [0.2, 0.25) is 0 Å². The van der Waals surface area contributed by atoms with Crippen LogP contribution in [0, 0.1) is 23.2 Å². The summed E-state index contributed by atoms with van der Waals surface area (Å²) >= 11 is 0. The number of aromatic carboxylic acids is 1. The molecular formula is C20H23NO4. The van der Waals surface area contributed by atoms with E-state index in [4.69, 9.17) is 5.11 Å². The fraction of sp³-hybridized carbons (Fsp3) is 0.550. The average molecular weight is 341 g/mol. The van der Waals surface area contributed by atoms with Crippen molar-refractivity contribution in [2.75, 3.05) is 6.54 Å². The van der Waals surface area contributed by atoms with Gasteiger partial charge in [-0.15, -0.1) is 0 Å². The average Bonchev–Trinajstić information content (AvgIpc) is 2.58. The number of hydrogen-bond donors (Lipinski definition) is 2. The van der Waals surface area contributed by atoms with E-state index in [0.29, 0.717) is 23.3 Å². The number of nitrogens with one attached hydrogen (secondary N) is 1. The molecule has 4 bridgehead atoms. The normalized spacial score (nSPS) is 32.4. The van der Waals surface area contributed by atoms with Crippen molar-refractivity contribution in [1.82, 2.24) is 5.32 Å². The third-order valence-corrected chi connectivity index (χ3v) is 6.43. The predicted molar refractivity (Wildman–Crippen MR) is 91.3 cm³/mol. The van der Waals surface area contributed by atoms with Gasteiger partial charge in [-0.3, -0.25) is 9.59 Å². The quantitative estimate of drug-likeness (QED) is 0.862. The van der Waals surface area contributed by atoms with E-state index < -0.39 is 5.97 Å². The van der Waals surface area contributed by atoms with Crippen molar-refractivity contribution >= 4 is 17.7 Å². The summed E-state index contributed by atoms with van der Waals surface area (Å²) in [4.78, 5) is 36.0. The minimum absolute atomic E-state index is 0.0751. The Kier molecular flexibility index (Phi) is 3.89. The van der Waals surface area contributed by atoms with Gasteiger partial charge in [0.15, 0.2) is 5.78 Å². The maximum Gasteiger partial charge on any atom is 0.335 e. The minimum Gasteiger partial charge on any atom is -0.478 e. The second-order valence-corrected chi connectivity index (χ2v) is 8.19. The monoisotopic (exact) mass is 341 g/mol. The summed E-state index contributed by atoms with van der Waals surface area (Å²) < 4.78 is 0. The number of benzene rings is 1. The Labute approximate surface area is 146 Å². The number of ketones is 1. The molecule has 0 aliphatic heterocycles. The summed E-state index contributed by atoms with van der Waals surface area (Å²) in [5.74, 6) is 0.944. The molecule has 0 atom stereocenters. The van der Waals surface area contributed by atoms with Crippen LogP contribution in [0.5, 0.6) is 0 Å². The molecule has 0 saturated heterocycles. The van der Waals surface area contributed by atoms with Gasteiger partial charge in [-0.05, 0) is 80.5 Å². The second-order valence-electron chi connectivity index (χ2n) is 8.19. The zero-order chi connectivity index (χ0) is 17.6. The topological polar surface area (TPSA) is 83.5 Å². The molecule has 0 unspecified atom stereocenters. The Bertz CT molecular complexity index is 686. The van der Waals surface area contributed by atoms with Crippen molar-refractivity contribution in [2.45, 2.75) is 38.5 Å². The second kappa shape index (κ2) is 5.97. The molecule has 1 amide bonds. The van der Waals surface area contributed by atoms with E-state index in [1.807, 2.05) is 0 Å². The van der Waals surface area contributed by atoms with Crippen LogP contribution in [0.4, 0.5) is 0 Å². The number of amides is 1. The number of Topliss-reactive ketones (excluding diaryl/α,β-unsaturated/α-hetero) is 1. The van der Waals surface area contributed by atoms with Crippen molar-refractivity contribution < 1.29 is 19.5 Å². The van der Waals surface area contributed by atoms with Crippen molar-refractivity contribution in [1.29, 1.82) is 0 Å². The van der Waals surface area contributed by atoms with Crippen LogP contribution in [0.15, 0.2) is 24.3 Å². The summed E-state index contributed by atoms with van der Waals surface area (Å²) in [6.07, 6.45) is 6.86. The number of hydrogen-bond acceptors (Lipinski definition) is 3. The molecule has 0 aromatic heterocycles. The number of carboxylic acids is 1. The van der Waals surface area contributed by atoms with Crippen LogP contribution in [0.1, 0.15) is 59.2 Å². The third-order valence-electron chi connectivity index (χ3n) is 6.43. The van der Waals surface area contributed by atoms with Gasteiger partial charge in [0.25, 0.3) is 5.91 Å². The van der Waals surface area contributed by atoms with Gasteiger partial charge in [0.05, 0.1) is 12.1 Å². The zero-order valence-electron chi connectivity index (χ0n) is 14.2. The maximum absolute atomic E-state index is 12.9. The summed E-state index contributed by atoms with van der Waals surface area (Å²) in [5, 5.41) is 11.6. The van der Waals surface area contributed by atoms with E-state index in [1.54, 1.807) is 0 Å². The number of carbonyl (C=O) groups is 3. The lowest BCUT2D eigenvalue weighted by atomic mass is 9.48. The lowest BCUT2D eigenvalue weighted by Crippen LogP contribution is -2.52. The first-order valence-corrected chi connectivity index (χ1v) is 9.10. The Morgan fingerprint density at radius 2 is 1.40 bits per heavy atom. The van der Waals surface area contributed by atoms with Crippen LogP contribution in [-0.4, -0.2) is 29.3 Å². The van der Waals surface area contributed by atoms with Gasteiger partial charge in [0.2, 0.25) is 0 Å². The molecule has 5 nitrogen and oxygen atoms in total. The van der Waals surface area contributed by atoms with Crippen LogP contribution in [0.3, 0.4) is 0 Å². The highest BCUT2D eigenvalue weighted by atomic mass is 16.4. The molecule has 1 aromatic rings. The molecule has 0 heterocycles. The summed E-state index contributed by atoms with van der Waals surface area (Å²) in [6.45, 7) is 0.0751. The van der Waals surface area contributed by atoms with E-state index in [2.05, 4.69) is 5.32 Å². The standard InChI is InChI=1S/C20H23NO4/c22-17(20-8-12-5-13(9-20)7-14(6-12)10-20)11-21-18(23)15-1-3-16(4-2-15)19(24)25/h1-4,12-14H,5-11H2,(H,21,23)(H,24,25). The maximum atomic E-state index is 12.9. The lowest BCUT2D eigenvalue weighted by Gasteiger charge is -2.56. The Balaban J connectivity index is 1.38. The van der Waals surface area contributed by atoms with E-state index in [9.17, 15) is 14.4 Å². The smallest absolute Gasteiger partial charge is 0.335 e. The molecule has 2 N–H and O–H groups in total. The van der Waals surface area contributed by atoms with Gasteiger partial charge in [-0.25, -0.2) is 4.79 Å². The first-order chi connectivity index (χ1) is 11.9. The highest BCUT2D eigenvalue weighted by Gasteiger charge is 2.54. The third kappa shape index (κ3) is 2.96. The molecule has 5 heteroatoms. The van der Waals surface area contributed by atoms with Crippen LogP contribution in [0.25, 0.3) is 0 Å². The van der Waals surface area contributed by atoms with E-state index in [0.717, 1.165) is 19.3 Å². The highest BCUT2D eigenvalue weighted by Crippen LogP contribution is 2.60. The van der Waals surface area contributed by atoms with Crippen molar-refractivity contribution in [3.8, 4) is 0 Å². The largest absolute Gasteiger partial charge is 0.478 e. The summed E-state index contributed by atoms with van der Waals surface area (Å²) in [7, 11) is 0. The molecule has 132 valence electrons. The van der Waals surface area contributed by atoms with E-state index >= 15 is 0 Å². The SMILES string of the molecule is O=C(O)c1ccc(C(=O)NCC(=O)C23CC4CC(CC(C4)C2)C3)cc1. The van der Waals surface area contributed by atoms with Crippen LogP contribution < -0.4 is 5.32 Å². The minimum atomic E-state index is -1.02. The molecule has 4 aliphatic carbocycles. The number of rotatable bonds is 5. The first-order valence-electron chi connectivity index (χ1n) is 9.10. The molecule has 4 aliphatic rings. The van der Waals surface area contributed by atoms with Gasteiger partial charge in [0.1, 0.15) is 0 Å².